The van der Waals surface area contributed by atoms with Crippen molar-refractivity contribution < 1.29 is 17.9 Å². The molecule has 2 fully saturated rings. The van der Waals surface area contributed by atoms with Gasteiger partial charge in [0.25, 0.3) is 5.91 Å². The van der Waals surface area contributed by atoms with Gasteiger partial charge >= 0.3 is 0 Å². The molecule has 2 aromatic carbocycles. The molecule has 9 heteroatoms. The van der Waals surface area contributed by atoms with Crippen LogP contribution < -0.4 is 15.0 Å². The van der Waals surface area contributed by atoms with E-state index in [1.165, 1.54) is 30.0 Å². The van der Waals surface area contributed by atoms with Crippen LogP contribution in [0.4, 0.5) is 11.4 Å². The van der Waals surface area contributed by atoms with E-state index in [1.54, 1.807) is 12.1 Å². The summed E-state index contributed by atoms with van der Waals surface area (Å²) >= 11 is 6.21. The first-order chi connectivity index (χ1) is 15.4. The maximum Gasteiger partial charge on any atom is 0.255 e. The molecule has 0 atom stereocenters. The Bertz CT molecular complexity index is 1090. The summed E-state index contributed by atoms with van der Waals surface area (Å²) in [6.45, 7) is 2.80. The van der Waals surface area contributed by atoms with Crippen molar-refractivity contribution in [1.29, 1.82) is 0 Å². The first-order valence-electron chi connectivity index (χ1n) is 10.9. The molecule has 0 bridgehead atoms. The molecule has 1 N–H and O–H groups in total. The van der Waals surface area contributed by atoms with Gasteiger partial charge in [0.15, 0.2) is 0 Å². The second-order valence-electron chi connectivity index (χ2n) is 8.14. The Kier molecular flexibility index (Phi) is 6.93. The molecule has 7 nitrogen and oxygen atoms in total. The number of halogens is 1. The summed E-state index contributed by atoms with van der Waals surface area (Å²) in [6.07, 6.45) is 5.07. The average molecular weight is 478 g/mol. The Labute approximate surface area is 194 Å². The third-order valence-corrected chi connectivity index (χ3v) is 8.17. The Balaban J connectivity index is 1.64. The Morgan fingerprint density at radius 3 is 2.34 bits per heavy atom. The van der Waals surface area contributed by atoms with E-state index in [2.05, 4.69) is 10.2 Å². The summed E-state index contributed by atoms with van der Waals surface area (Å²) in [5.41, 5.74) is 1.78. The molecule has 0 spiro atoms. The second-order valence-corrected chi connectivity index (χ2v) is 10.5. The van der Waals surface area contributed by atoms with Crippen LogP contribution in [0.15, 0.2) is 41.3 Å². The van der Waals surface area contributed by atoms with Gasteiger partial charge in [-0.25, -0.2) is 8.42 Å². The summed E-state index contributed by atoms with van der Waals surface area (Å²) in [5.74, 6) is -0.170. The minimum absolute atomic E-state index is 0.0110. The summed E-state index contributed by atoms with van der Waals surface area (Å²) in [5, 5.41) is 3.46. The number of carbonyl (C=O) groups is 1. The number of ether oxygens (including phenoxy) is 1. The first-order valence-corrected chi connectivity index (χ1v) is 12.8. The molecule has 0 radical (unpaired) electrons. The molecular weight excluding hydrogens is 450 g/mol. The standard InChI is InChI=1S/C23H28ClN3O4S/c1-31-21-10-7-17(15-22(21)32(29,30)27-13-5-6-14-27)23(28)25-19-16-18(24)8-9-20(19)26-11-3-2-4-12-26/h7-10,15-16H,2-6,11-14H2,1H3,(H,25,28). The van der Waals surface area contributed by atoms with Gasteiger partial charge in [0.1, 0.15) is 10.6 Å². The molecule has 2 aromatic rings. The van der Waals surface area contributed by atoms with Crippen LogP contribution in [0.5, 0.6) is 5.75 Å². The fourth-order valence-corrected chi connectivity index (χ4v) is 6.17. The molecule has 2 aliphatic rings. The number of benzene rings is 2. The van der Waals surface area contributed by atoms with Crippen molar-refractivity contribution in [2.24, 2.45) is 0 Å². The van der Waals surface area contributed by atoms with Crippen LogP contribution in [0.25, 0.3) is 0 Å². The molecule has 2 heterocycles. The molecule has 0 aromatic heterocycles. The van der Waals surface area contributed by atoms with Crippen molar-refractivity contribution in [1.82, 2.24) is 4.31 Å². The highest BCUT2D eigenvalue weighted by Gasteiger charge is 2.31. The smallest absolute Gasteiger partial charge is 0.255 e. The minimum atomic E-state index is -3.74. The minimum Gasteiger partial charge on any atom is -0.495 e. The first kappa shape index (κ1) is 22.9. The van der Waals surface area contributed by atoms with Crippen molar-refractivity contribution in [3.8, 4) is 5.75 Å². The molecule has 172 valence electrons. The maximum absolute atomic E-state index is 13.1. The molecule has 2 saturated heterocycles. The lowest BCUT2D eigenvalue weighted by Gasteiger charge is -2.30. The Morgan fingerprint density at radius 1 is 0.969 bits per heavy atom. The van der Waals surface area contributed by atoms with Crippen molar-refractivity contribution >= 4 is 38.9 Å². The van der Waals surface area contributed by atoms with Gasteiger partial charge in [-0.1, -0.05) is 11.6 Å². The van der Waals surface area contributed by atoms with Crippen molar-refractivity contribution in [3.05, 3.63) is 47.0 Å². The van der Waals surface area contributed by atoms with E-state index >= 15 is 0 Å². The number of nitrogens with one attached hydrogen (secondary N) is 1. The molecular formula is C23H28ClN3O4S. The second kappa shape index (κ2) is 9.68. The van der Waals surface area contributed by atoms with Crippen LogP contribution in [0.3, 0.4) is 0 Å². The average Bonchev–Trinajstić information content (AvgIpc) is 3.35. The van der Waals surface area contributed by atoms with E-state index in [9.17, 15) is 13.2 Å². The van der Waals surface area contributed by atoms with E-state index < -0.39 is 15.9 Å². The Hall–Kier alpha value is -2.29. The van der Waals surface area contributed by atoms with Gasteiger partial charge in [-0.05, 0) is 68.5 Å². The fraction of sp³-hybridized carbons (Fsp3) is 0.435. The fourth-order valence-electron chi connectivity index (χ4n) is 4.30. The molecule has 4 rings (SSSR count). The normalized spacial score (nSPS) is 17.4. The van der Waals surface area contributed by atoms with Crippen molar-refractivity contribution in [3.63, 3.8) is 0 Å². The van der Waals surface area contributed by atoms with E-state index in [-0.39, 0.29) is 16.2 Å². The number of amides is 1. The van der Waals surface area contributed by atoms with Crippen molar-refractivity contribution in [2.45, 2.75) is 37.0 Å². The lowest BCUT2D eigenvalue weighted by Crippen LogP contribution is -2.30. The monoisotopic (exact) mass is 477 g/mol. The van der Waals surface area contributed by atoms with Crippen LogP contribution in [0.2, 0.25) is 5.02 Å². The van der Waals surface area contributed by atoms with E-state index in [1.807, 2.05) is 12.1 Å². The predicted molar refractivity (Wildman–Crippen MR) is 126 cm³/mol. The number of piperidine rings is 1. The largest absolute Gasteiger partial charge is 0.495 e. The molecule has 0 unspecified atom stereocenters. The van der Waals surface area contributed by atoms with Gasteiger partial charge in [0.05, 0.1) is 18.5 Å². The predicted octanol–water partition coefficient (Wildman–Crippen LogP) is 4.38. The molecule has 32 heavy (non-hydrogen) atoms. The van der Waals surface area contributed by atoms with Gasteiger partial charge in [0.2, 0.25) is 10.0 Å². The van der Waals surface area contributed by atoms with Gasteiger partial charge in [-0.3, -0.25) is 4.79 Å². The number of anilines is 2. The lowest BCUT2D eigenvalue weighted by atomic mass is 10.1. The van der Waals surface area contributed by atoms with Crippen LogP contribution in [0.1, 0.15) is 42.5 Å². The molecule has 0 aliphatic carbocycles. The van der Waals surface area contributed by atoms with Gasteiger partial charge in [-0.2, -0.15) is 4.31 Å². The number of hydrogen-bond acceptors (Lipinski definition) is 5. The highest BCUT2D eigenvalue weighted by atomic mass is 35.5. The number of methoxy groups -OCH3 is 1. The summed E-state index contributed by atoms with van der Waals surface area (Å²) in [7, 11) is -2.32. The van der Waals surface area contributed by atoms with E-state index in [0.717, 1.165) is 44.5 Å². The molecule has 0 saturated carbocycles. The zero-order chi connectivity index (χ0) is 22.7. The van der Waals surface area contributed by atoms with Crippen LogP contribution in [-0.2, 0) is 10.0 Å². The number of rotatable bonds is 6. The SMILES string of the molecule is COc1ccc(C(=O)Nc2cc(Cl)ccc2N2CCCCC2)cc1S(=O)(=O)N1CCCC1. The topological polar surface area (TPSA) is 79.0 Å². The third kappa shape index (κ3) is 4.72. The van der Waals surface area contributed by atoms with E-state index in [4.69, 9.17) is 16.3 Å². The third-order valence-electron chi connectivity index (χ3n) is 6.01. The van der Waals surface area contributed by atoms with E-state index in [0.29, 0.717) is 23.8 Å². The quantitative estimate of drug-likeness (QED) is 0.668. The zero-order valence-corrected chi connectivity index (χ0v) is 19.7. The summed E-state index contributed by atoms with van der Waals surface area (Å²) in [6, 6.07) is 9.96. The maximum atomic E-state index is 13.1. The van der Waals surface area contributed by atoms with Crippen LogP contribution in [0, 0.1) is 0 Å². The van der Waals surface area contributed by atoms with Crippen LogP contribution in [-0.4, -0.2) is 51.9 Å². The number of sulfonamides is 1. The summed E-state index contributed by atoms with van der Waals surface area (Å²) < 4.78 is 33.0. The summed E-state index contributed by atoms with van der Waals surface area (Å²) in [4.78, 5) is 15.4. The highest BCUT2D eigenvalue weighted by Crippen LogP contribution is 2.33. The molecule has 2 aliphatic heterocycles. The molecule has 1 amide bonds. The highest BCUT2D eigenvalue weighted by molar-refractivity contribution is 7.89. The number of carbonyl (C=O) groups excluding carboxylic acids is 1. The number of nitrogens with zero attached hydrogens (tertiary/aromatic N) is 2. The van der Waals surface area contributed by atoms with Gasteiger partial charge in [-0.15, -0.1) is 0 Å². The lowest BCUT2D eigenvalue weighted by molar-refractivity contribution is 0.102. The van der Waals surface area contributed by atoms with Crippen molar-refractivity contribution in [2.75, 3.05) is 43.5 Å². The zero-order valence-electron chi connectivity index (χ0n) is 18.1. The van der Waals surface area contributed by atoms with Crippen LogP contribution >= 0.6 is 11.6 Å². The van der Waals surface area contributed by atoms with Gasteiger partial charge in [0, 0.05) is 36.8 Å². The Morgan fingerprint density at radius 2 is 1.66 bits per heavy atom. The van der Waals surface area contributed by atoms with Gasteiger partial charge < -0.3 is 15.0 Å². The number of hydrogen-bond donors (Lipinski definition) is 1.